The highest BCUT2D eigenvalue weighted by Crippen LogP contribution is 2.30. The molecule has 3 rings (SSSR count). The third-order valence-corrected chi connectivity index (χ3v) is 5.72. The molecule has 0 unspecified atom stereocenters. The average molecular weight is 494 g/mol. The Kier molecular flexibility index (Phi) is 8.53. The largest absolute Gasteiger partial charge is 0.476 e. The lowest BCUT2D eigenvalue weighted by Crippen LogP contribution is -2.40. The van der Waals surface area contributed by atoms with Gasteiger partial charge in [0, 0.05) is 18.7 Å². The first kappa shape index (κ1) is 26.9. The zero-order chi connectivity index (χ0) is 26.5. The molecule has 0 saturated heterocycles. The van der Waals surface area contributed by atoms with Crippen molar-refractivity contribution in [3.8, 4) is 17.2 Å². The molecule has 192 valence electrons. The number of aryl methyl sites for hydroxylation is 3. The quantitative estimate of drug-likeness (QED) is 0.393. The number of oxazole rings is 1. The van der Waals surface area contributed by atoms with Gasteiger partial charge < -0.3 is 19.6 Å². The van der Waals surface area contributed by atoms with E-state index in [9.17, 15) is 9.59 Å². The second-order valence-corrected chi connectivity index (χ2v) is 9.39. The molecular weight excluding hydrogens is 458 g/mol. The molecular formula is C28H35N3O5. The number of amides is 1. The second kappa shape index (κ2) is 11.4. The smallest absolute Gasteiger partial charge is 0.349 e. The summed E-state index contributed by atoms with van der Waals surface area (Å²) in [6, 6.07) is 13.7. The highest BCUT2D eigenvalue weighted by atomic mass is 16.6. The molecule has 0 fully saturated rings. The van der Waals surface area contributed by atoms with Gasteiger partial charge in [-0.05, 0) is 70.4 Å². The zero-order valence-corrected chi connectivity index (χ0v) is 21.9. The molecule has 0 aliphatic carbocycles. The van der Waals surface area contributed by atoms with Crippen molar-refractivity contribution in [2.75, 3.05) is 13.2 Å². The van der Waals surface area contributed by atoms with E-state index in [2.05, 4.69) is 4.98 Å². The van der Waals surface area contributed by atoms with E-state index in [4.69, 9.17) is 19.6 Å². The third-order valence-electron chi connectivity index (χ3n) is 5.72. The number of nitrogens with two attached hydrogens (primary N) is 1. The van der Waals surface area contributed by atoms with E-state index in [1.165, 1.54) is 0 Å². The minimum Gasteiger partial charge on any atom is -0.476 e. The maximum Gasteiger partial charge on any atom is 0.349 e. The Morgan fingerprint density at radius 3 is 2.28 bits per heavy atom. The van der Waals surface area contributed by atoms with Crippen molar-refractivity contribution in [2.24, 2.45) is 5.73 Å². The summed E-state index contributed by atoms with van der Waals surface area (Å²) in [5.41, 5.74) is 8.82. The molecule has 1 aromatic heterocycles. The minimum absolute atomic E-state index is 0.0687. The van der Waals surface area contributed by atoms with Gasteiger partial charge in [-0.3, -0.25) is 9.69 Å². The van der Waals surface area contributed by atoms with Gasteiger partial charge in [-0.25, -0.2) is 9.78 Å². The van der Waals surface area contributed by atoms with Gasteiger partial charge in [0.1, 0.15) is 11.5 Å². The van der Waals surface area contributed by atoms with Crippen LogP contribution < -0.4 is 10.5 Å². The molecule has 2 N–H and O–H groups in total. The van der Waals surface area contributed by atoms with Crippen molar-refractivity contribution in [1.82, 2.24) is 9.88 Å². The molecule has 0 saturated carbocycles. The van der Waals surface area contributed by atoms with Crippen molar-refractivity contribution in [3.63, 3.8) is 0 Å². The lowest BCUT2D eigenvalue weighted by Gasteiger charge is -2.27. The number of carbonyl (C=O) groups is 2. The molecule has 2 aromatic carbocycles. The van der Waals surface area contributed by atoms with Gasteiger partial charge in [0.25, 0.3) is 0 Å². The molecule has 0 atom stereocenters. The van der Waals surface area contributed by atoms with Crippen LogP contribution in [0, 0.1) is 20.8 Å². The number of benzene rings is 2. The zero-order valence-electron chi connectivity index (χ0n) is 21.9. The molecule has 8 nitrogen and oxygen atoms in total. The van der Waals surface area contributed by atoms with Crippen LogP contribution >= 0.6 is 0 Å². The van der Waals surface area contributed by atoms with Crippen molar-refractivity contribution in [3.05, 3.63) is 70.6 Å². The van der Waals surface area contributed by atoms with Crippen LogP contribution in [0.5, 0.6) is 5.75 Å². The normalized spacial score (nSPS) is 11.5. The molecule has 0 spiro atoms. The number of hydrogen-bond donors (Lipinski definition) is 1. The summed E-state index contributed by atoms with van der Waals surface area (Å²) in [6.45, 7) is 12.1. The Labute approximate surface area is 212 Å². The Morgan fingerprint density at radius 1 is 1.06 bits per heavy atom. The maximum absolute atomic E-state index is 12.3. The van der Waals surface area contributed by atoms with Crippen LogP contribution in [0.4, 0.5) is 0 Å². The molecule has 3 aromatic rings. The summed E-state index contributed by atoms with van der Waals surface area (Å²) >= 11 is 0. The van der Waals surface area contributed by atoms with Crippen LogP contribution in [0.1, 0.15) is 48.9 Å². The molecule has 1 heterocycles. The first-order valence-electron chi connectivity index (χ1n) is 12.0. The standard InChI is InChI=1S/C28H35N3O5/c1-7-34-27(33)28(5,6)36-25-18(2)13-21(14-19(25)3)15-31(17-24(29)32)16-23-20(4)35-26(30-23)22-11-9-8-10-12-22/h8-14H,7,15-17H2,1-6H3,(H2,29,32). The molecule has 36 heavy (non-hydrogen) atoms. The van der Waals surface area contributed by atoms with E-state index in [1.54, 1.807) is 20.8 Å². The summed E-state index contributed by atoms with van der Waals surface area (Å²) in [6.07, 6.45) is 0. The highest BCUT2D eigenvalue weighted by molar-refractivity contribution is 5.79. The third kappa shape index (κ3) is 6.73. The molecule has 0 bridgehead atoms. The van der Waals surface area contributed by atoms with Gasteiger partial charge in [0.15, 0.2) is 5.60 Å². The molecule has 0 aliphatic heterocycles. The summed E-state index contributed by atoms with van der Waals surface area (Å²) in [5.74, 6) is 1.03. The fourth-order valence-electron chi connectivity index (χ4n) is 4.03. The van der Waals surface area contributed by atoms with E-state index < -0.39 is 17.5 Å². The van der Waals surface area contributed by atoms with Crippen LogP contribution in [-0.2, 0) is 27.4 Å². The lowest BCUT2D eigenvalue weighted by molar-refractivity contribution is -0.158. The Balaban J connectivity index is 1.81. The van der Waals surface area contributed by atoms with Crippen LogP contribution in [0.25, 0.3) is 11.5 Å². The van der Waals surface area contributed by atoms with Gasteiger partial charge in [-0.1, -0.05) is 30.3 Å². The Hall–Kier alpha value is -3.65. The average Bonchev–Trinajstić information content (AvgIpc) is 3.16. The van der Waals surface area contributed by atoms with Crippen LogP contribution in [0.3, 0.4) is 0 Å². The predicted molar refractivity (Wildman–Crippen MR) is 137 cm³/mol. The summed E-state index contributed by atoms with van der Waals surface area (Å²) in [5, 5.41) is 0. The van der Waals surface area contributed by atoms with Crippen LogP contribution in [0.15, 0.2) is 46.9 Å². The number of rotatable bonds is 11. The monoisotopic (exact) mass is 493 g/mol. The van der Waals surface area contributed by atoms with E-state index in [-0.39, 0.29) is 13.2 Å². The summed E-state index contributed by atoms with van der Waals surface area (Å²) < 4.78 is 17.1. The van der Waals surface area contributed by atoms with Gasteiger partial charge >= 0.3 is 5.97 Å². The topological polar surface area (TPSA) is 108 Å². The predicted octanol–water partition coefficient (Wildman–Crippen LogP) is 4.47. The number of ether oxygens (including phenoxy) is 2. The Bertz CT molecular complexity index is 1190. The summed E-state index contributed by atoms with van der Waals surface area (Å²) in [4.78, 5) is 30.7. The fourth-order valence-corrected chi connectivity index (χ4v) is 4.03. The first-order valence-corrected chi connectivity index (χ1v) is 12.0. The fraction of sp³-hybridized carbons (Fsp3) is 0.393. The highest BCUT2D eigenvalue weighted by Gasteiger charge is 2.32. The number of hydrogen-bond acceptors (Lipinski definition) is 7. The first-order chi connectivity index (χ1) is 17.0. The number of carbonyl (C=O) groups excluding carboxylic acids is 2. The van der Waals surface area contributed by atoms with Gasteiger partial charge in [-0.15, -0.1) is 0 Å². The van der Waals surface area contributed by atoms with Gasteiger partial charge in [0.05, 0.1) is 18.8 Å². The lowest BCUT2D eigenvalue weighted by atomic mass is 10.0. The van der Waals surface area contributed by atoms with Crippen LogP contribution in [0.2, 0.25) is 0 Å². The SMILES string of the molecule is CCOC(=O)C(C)(C)Oc1c(C)cc(CN(CC(N)=O)Cc2nc(-c3ccccc3)oc2C)cc1C. The van der Waals surface area contributed by atoms with Crippen LogP contribution in [-0.4, -0.2) is 40.5 Å². The van der Waals surface area contributed by atoms with Gasteiger partial charge in [0.2, 0.25) is 11.8 Å². The van der Waals surface area contributed by atoms with E-state index in [0.717, 1.165) is 27.9 Å². The molecule has 1 amide bonds. The number of esters is 1. The Morgan fingerprint density at radius 2 is 1.69 bits per heavy atom. The van der Waals surface area contributed by atoms with Crippen molar-refractivity contribution >= 4 is 11.9 Å². The van der Waals surface area contributed by atoms with E-state index >= 15 is 0 Å². The molecule has 0 radical (unpaired) electrons. The maximum atomic E-state index is 12.3. The number of aromatic nitrogens is 1. The van der Waals surface area contributed by atoms with Crippen molar-refractivity contribution in [2.45, 2.75) is 60.2 Å². The second-order valence-electron chi connectivity index (χ2n) is 9.39. The van der Waals surface area contributed by atoms with Crippen molar-refractivity contribution < 1.29 is 23.5 Å². The van der Waals surface area contributed by atoms with E-state index in [0.29, 0.717) is 30.5 Å². The molecule has 0 aliphatic rings. The van der Waals surface area contributed by atoms with Gasteiger partial charge in [-0.2, -0.15) is 0 Å². The van der Waals surface area contributed by atoms with E-state index in [1.807, 2.05) is 68.1 Å². The number of primary amides is 1. The number of nitrogens with zero attached hydrogens (tertiary/aromatic N) is 2. The molecule has 8 heteroatoms. The summed E-state index contributed by atoms with van der Waals surface area (Å²) in [7, 11) is 0. The minimum atomic E-state index is -1.12. The van der Waals surface area contributed by atoms with Crippen molar-refractivity contribution in [1.29, 1.82) is 0 Å².